The summed E-state index contributed by atoms with van der Waals surface area (Å²) < 4.78 is 17.7. The Bertz CT molecular complexity index is 1730. The van der Waals surface area contributed by atoms with E-state index in [1.807, 2.05) is 30.5 Å². The predicted octanol–water partition coefficient (Wildman–Crippen LogP) is 3.55. The highest BCUT2D eigenvalue weighted by atomic mass is 32.1. The van der Waals surface area contributed by atoms with Crippen molar-refractivity contribution in [3.05, 3.63) is 88.1 Å². The van der Waals surface area contributed by atoms with Crippen LogP contribution in [-0.4, -0.2) is 71.5 Å². The van der Waals surface area contributed by atoms with Gasteiger partial charge in [-0.3, -0.25) is 19.4 Å². The zero-order valence-electron chi connectivity index (χ0n) is 24.9. The molecule has 6 bridgehead atoms. The number of carbonyl (C=O) groups excluding carboxylic acids is 3. The average molecular weight is 628 g/mol. The van der Waals surface area contributed by atoms with Gasteiger partial charge in [-0.25, -0.2) is 4.98 Å². The van der Waals surface area contributed by atoms with Gasteiger partial charge in [-0.2, -0.15) is 0 Å². The van der Waals surface area contributed by atoms with Crippen molar-refractivity contribution in [1.82, 2.24) is 25.5 Å². The second kappa shape index (κ2) is 13.3. The Hall–Kier alpha value is -4.97. The molecule has 12 heteroatoms. The molecule has 0 spiro atoms. The summed E-state index contributed by atoms with van der Waals surface area (Å²) in [7, 11) is 1.55. The maximum absolute atomic E-state index is 13.6. The number of amides is 3. The first-order chi connectivity index (χ1) is 21.8. The van der Waals surface area contributed by atoms with Gasteiger partial charge >= 0.3 is 0 Å². The van der Waals surface area contributed by atoms with E-state index in [1.54, 1.807) is 59.9 Å². The van der Waals surface area contributed by atoms with E-state index in [9.17, 15) is 14.4 Å². The first-order valence-corrected chi connectivity index (χ1v) is 15.5. The number of benzene rings is 2. The molecule has 232 valence electrons. The standard InChI is InChI=1S/C33H33N5O6S/c1-20-36-25(19-45-20)7-9-32(40)38-16-28-30(17-38)44-27-8-6-22(29(12-27)42-2)15-35-31(39)18-43-26-5-3-4-21(11-26)23-10-24(14-34-13-23)33(41)37-28/h3-6,8,10-14,19,28,30H,7,9,15-18H2,1-2H3,(H,35,39)(H,37,41)/t28-,30-/m0/s1. The van der Waals surface area contributed by atoms with Crippen molar-refractivity contribution in [3.63, 3.8) is 0 Å². The van der Waals surface area contributed by atoms with Crippen molar-refractivity contribution in [2.24, 2.45) is 0 Å². The lowest BCUT2D eigenvalue weighted by molar-refractivity contribution is -0.130. The fraction of sp³-hybridized carbons (Fsp3) is 0.303. The minimum atomic E-state index is -0.523. The summed E-state index contributed by atoms with van der Waals surface area (Å²) in [6.45, 7) is 2.59. The number of rotatable bonds is 4. The van der Waals surface area contributed by atoms with Crippen LogP contribution >= 0.6 is 11.3 Å². The van der Waals surface area contributed by atoms with Crippen LogP contribution in [0.25, 0.3) is 11.1 Å². The number of likely N-dealkylation sites (tertiary alicyclic amines) is 1. The SMILES string of the molecule is COc1cc2ccc1CNC(=O)COc1cccc(c1)-c1cncc(c1)C(=O)N[C@H]1CN(C(=O)CCc3csc(C)n3)C[C@@H]1O2. The molecule has 0 aliphatic carbocycles. The van der Waals surface area contributed by atoms with Crippen LogP contribution in [0.15, 0.2) is 66.3 Å². The second-order valence-electron chi connectivity index (χ2n) is 10.9. The summed E-state index contributed by atoms with van der Waals surface area (Å²) in [5.41, 5.74) is 3.51. The van der Waals surface area contributed by atoms with E-state index >= 15 is 0 Å². The highest BCUT2D eigenvalue weighted by Crippen LogP contribution is 2.28. The molecule has 3 aliphatic heterocycles. The molecule has 2 aromatic heterocycles. The Morgan fingerprint density at radius 2 is 1.93 bits per heavy atom. The molecule has 1 fully saturated rings. The second-order valence-corrected chi connectivity index (χ2v) is 12.0. The fourth-order valence-corrected chi connectivity index (χ4v) is 6.05. The number of aryl methyl sites for hydroxylation is 2. The highest BCUT2D eigenvalue weighted by molar-refractivity contribution is 7.09. The van der Waals surface area contributed by atoms with E-state index in [1.165, 1.54) is 6.20 Å². The quantitative estimate of drug-likeness (QED) is 0.351. The molecule has 3 amide bonds. The van der Waals surface area contributed by atoms with Crippen molar-refractivity contribution in [3.8, 4) is 28.4 Å². The zero-order chi connectivity index (χ0) is 31.3. The molecule has 5 heterocycles. The van der Waals surface area contributed by atoms with Gasteiger partial charge in [0, 0.05) is 54.5 Å². The van der Waals surface area contributed by atoms with Gasteiger partial charge in [0.05, 0.1) is 36.0 Å². The van der Waals surface area contributed by atoms with Gasteiger partial charge in [-0.15, -0.1) is 11.3 Å². The Morgan fingerprint density at radius 3 is 2.76 bits per heavy atom. The molecule has 1 saturated heterocycles. The third-order valence-electron chi connectivity index (χ3n) is 7.76. The molecule has 11 nitrogen and oxygen atoms in total. The lowest BCUT2D eigenvalue weighted by atomic mass is 10.1. The number of nitrogens with one attached hydrogen (secondary N) is 2. The van der Waals surface area contributed by atoms with E-state index in [2.05, 4.69) is 20.6 Å². The van der Waals surface area contributed by atoms with Crippen LogP contribution in [0.2, 0.25) is 0 Å². The Balaban J connectivity index is 1.29. The number of hydrogen-bond acceptors (Lipinski definition) is 9. The van der Waals surface area contributed by atoms with Crippen LogP contribution in [0.3, 0.4) is 0 Å². The van der Waals surface area contributed by atoms with Crippen LogP contribution in [0.5, 0.6) is 17.2 Å². The van der Waals surface area contributed by atoms with Gasteiger partial charge in [0.25, 0.3) is 11.8 Å². The van der Waals surface area contributed by atoms with Crippen LogP contribution in [0.1, 0.15) is 33.0 Å². The minimum absolute atomic E-state index is 0.0361. The molecular weight excluding hydrogens is 594 g/mol. The Morgan fingerprint density at radius 1 is 1.07 bits per heavy atom. The summed E-state index contributed by atoms with van der Waals surface area (Å²) in [4.78, 5) is 49.9. The molecule has 0 unspecified atom stereocenters. The molecule has 2 atom stereocenters. The molecule has 0 radical (unpaired) electrons. The number of aromatic nitrogens is 2. The first-order valence-electron chi connectivity index (χ1n) is 14.6. The first kappa shape index (κ1) is 30.1. The number of carbonyl (C=O) groups is 3. The third kappa shape index (κ3) is 7.23. The van der Waals surface area contributed by atoms with Gasteiger partial charge in [0.2, 0.25) is 5.91 Å². The van der Waals surface area contributed by atoms with Crippen molar-refractivity contribution in [2.45, 2.75) is 38.5 Å². The summed E-state index contributed by atoms with van der Waals surface area (Å²) in [6.07, 6.45) is 3.49. The van der Waals surface area contributed by atoms with E-state index < -0.39 is 12.1 Å². The number of hydrogen-bond donors (Lipinski definition) is 2. The average Bonchev–Trinajstić information content (AvgIpc) is 3.66. The topological polar surface area (TPSA) is 132 Å². The number of nitrogens with zero attached hydrogens (tertiary/aromatic N) is 3. The Labute approximate surface area is 264 Å². The van der Waals surface area contributed by atoms with E-state index in [-0.39, 0.29) is 30.9 Å². The van der Waals surface area contributed by atoms with Crippen LogP contribution < -0.4 is 24.8 Å². The lowest BCUT2D eigenvalue weighted by Gasteiger charge is -2.22. The number of methoxy groups -OCH3 is 1. The summed E-state index contributed by atoms with van der Waals surface area (Å²) >= 11 is 1.56. The molecular formula is C33H33N5O6S. The molecule has 2 aromatic carbocycles. The normalized spacial score (nSPS) is 18.2. The minimum Gasteiger partial charge on any atom is -0.496 e. The van der Waals surface area contributed by atoms with Crippen molar-refractivity contribution >= 4 is 29.1 Å². The fourth-order valence-electron chi connectivity index (χ4n) is 5.40. The Kier molecular flexibility index (Phi) is 8.92. The number of pyridine rings is 1. The molecule has 7 rings (SSSR count). The van der Waals surface area contributed by atoms with Crippen LogP contribution in [-0.2, 0) is 22.6 Å². The number of ether oxygens (including phenoxy) is 3. The van der Waals surface area contributed by atoms with Crippen molar-refractivity contribution < 1.29 is 28.6 Å². The van der Waals surface area contributed by atoms with Gasteiger partial charge in [-0.05, 0) is 49.2 Å². The van der Waals surface area contributed by atoms with Crippen molar-refractivity contribution in [2.75, 3.05) is 26.8 Å². The number of thiazole rings is 1. The van der Waals surface area contributed by atoms with Gasteiger partial charge < -0.3 is 29.7 Å². The molecule has 3 aliphatic rings. The maximum atomic E-state index is 13.6. The monoisotopic (exact) mass is 627 g/mol. The van der Waals surface area contributed by atoms with Crippen LogP contribution in [0, 0.1) is 6.92 Å². The third-order valence-corrected chi connectivity index (χ3v) is 8.58. The van der Waals surface area contributed by atoms with Crippen LogP contribution in [0.4, 0.5) is 0 Å². The van der Waals surface area contributed by atoms with E-state index in [4.69, 9.17) is 14.2 Å². The van der Waals surface area contributed by atoms with Crippen molar-refractivity contribution in [1.29, 1.82) is 0 Å². The molecule has 2 N–H and O–H groups in total. The largest absolute Gasteiger partial charge is 0.496 e. The summed E-state index contributed by atoms with van der Waals surface area (Å²) in [6, 6.07) is 13.9. The lowest BCUT2D eigenvalue weighted by Crippen LogP contribution is -2.45. The molecule has 45 heavy (non-hydrogen) atoms. The number of fused-ring (bicyclic) bond motifs is 7. The van der Waals surface area contributed by atoms with Gasteiger partial charge in [0.1, 0.15) is 23.4 Å². The zero-order valence-corrected chi connectivity index (χ0v) is 25.8. The predicted molar refractivity (Wildman–Crippen MR) is 167 cm³/mol. The van der Waals surface area contributed by atoms with Gasteiger partial charge in [-0.1, -0.05) is 12.1 Å². The maximum Gasteiger partial charge on any atom is 0.258 e. The smallest absolute Gasteiger partial charge is 0.258 e. The molecule has 0 saturated carbocycles. The van der Waals surface area contributed by atoms with E-state index in [0.717, 1.165) is 21.8 Å². The van der Waals surface area contributed by atoms with E-state index in [0.29, 0.717) is 54.3 Å². The molecule has 4 aromatic rings. The van der Waals surface area contributed by atoms with Gasteiger partial charge in [0.15, 0.2) is 6.61 Å². The summed E-state index contributed by atoms with van der Waals surface area (Å²) in [5, 5.41) is 8.89. The highest BCUT2D eigenvalue weighted by Gasteiger charge is 2.38. The summed E-state index contributed by atoms with van der Waals surface area (Å²) in [5.74, 6) is 0.894.